The molecule has 1 unspecified atom stereocenters. The highest BCUT2D eigenvalue weighted by Gasteiger charge is 2.34. The molecule has 1 saturated carbocycles. The predicted molar refractivity (Wildman–Crippen MR) is 109 cm³/mol. The molecule has 7 heteroatoms. The zero-order chi connectivity index (χ0) is 20.1. The Balaban J connectivity index is 1.94. The number of likely N-dealkylation sites (N-methyl/N-ethyl adjacent to an activating group) is 1. The maximum absolute atomic E-state index is 12.8. The smallest absolute Gasteiger partial charge is 0.338 e. The Morgan fingerprint density at radius 1 is 1.21 bits per heavy atom. The van der Waals surface area contributed by atoms with E-state index in [1.54, 1.807) is 19.1 Å². The van der Waals surface area contributed by atoms with Gasteiger partial charge in [0, 0.05) is 23.3 Å². The van der Waals surface area contributed by atoms with Crippen molar-refractivity contribution in [2.75, 3.05) is 20.2 Å². The highest BCUT2D eigenvalue weighted by atomic mass is 35.5. The number of nitrogens with one attached hydrogen (secondary N) is 2. The molecule has 2 amide bonds. The van der Waals surface area contributed by atoms with Gasteiger partial charge < -0.3 is 15.4 Å². The molecule has 1 aliphatic carbocycles. The van der Waals surface area contributed by atoms with Crippen molar-refractivity contribution in [2.45, 2.75) is 51.1 Å². The fourth-order valence-electron chi connectivity index (χ4n) is 4.00. The summed E-state index contributed by atoms with van der Waals surface area (Å²) in [7, 11) is 2.05. The molecule has 1 fully saturated rings. The first-order valence-corrected chi connectivity index (χ1v) is 10.3. The zero-order valence-corrected chi connectivity index (χ0v) is 17.2. The van der Waals surface area contributed by atoms with E-state index < -0.39 is 12.0 Å². The van der Waals surface area contributed by atoms with Crippen LogP contribution in [0.25, 0.3) is 0 Å². The maximum atomic E-state index is 12.8. The van der Waals surface area contributed by atoms with Gasteiger partial charge in [-0.15, -0.1) is 0 Å². The van der Waals surface area contributed by atoms with E-state index in [1.165, 1.54) is 19.3 Å². The van der Waals surface area contributed by atoms with Crippen LogP contribution in [-0.4, -0.2) is 43.1 Å². The second-order valence-corrected chi connectivity index (χ2v) is 7.84. The third-order valence-electron chi connectivity index (χ3n) is 5.46. The molecule has 6 nitrogen and oxygen atoms in total. The van der Waals surface area contributed by atoms with Crippen LogP contribution in [0.1, 0.15) is 50.6 Å². The molecule has 1 aromatic carbocycles. The first kappa shape index (κ1) is 20.7. The molecule has 152 valence electrons. The van der Waals surface area contributed by atoms with Crippen LogP contribution in [0.3, 0.4) is 0 Å². The Kier molecular flexibility index (Phi) is 6.97. The van der Waals surface area contributed by atoms with E-state index in [2.05, 4.69) is 22.6 Å². The minimum atomic E-state index is -0.570. The lowest BCUT2D eigenvalue weighted by molar-refractivity contribution is -0.139. The molecule has 28 heavy (non-hydrogen) atoms. The van der Waals surface area contributed by atoms with Crippen LogP contribution in [0.15, 0.2) is 35.5 Å². The third-order valence-corrected chi connectivity index (χ3v) is 5.71. The molecule has 0 bridgehead atoms. The van der Waals surface area contributed by atoms with Crippen molar-refractivity contribution in [2.24, 2.45) is 0 Å². The molecule has 3 rings (SSSR count). The van der Waals surface area contributed by atoms with E-state index in [9.17, 15) is 9.59 Å². The second-order valence-electron chi connectivity index (χ2n) is 7.40. The number of nitrogens with zero attached hydrogens (tertiary/aromatic N) is 1. The molecule has 0 saturated heterocycles. The van der Waals surface area contributed by atoms with Crippen LogP contribution >= 0.6 is 11.6 Å². The Labute approximate surface area is 171 Å². The Bertz CT molecular complexity index is 742. The van der Waals surface area contributed by atoms with Gasteiger partial charge in [0.1, 0.15) is 0 Å². The molecule has 1 aromatic rings. The number of urea groups is 1. The van der Waals surface area contributed by atoms with Crippen molar-refractivity contribution in [3.8, 4) is 0 Å². The van der Waals surface area contributed by atoms with Crippen LogP contribution in [0.5, 0.6) is 0 Å². The highest BCUT2D eigenvalue weighted by molar-refractivity contribution is 6.30. The van der Waals surface area contributed by atoms with Crippen molar-refractivity contribution < 1.29 is 14.3 Å². The summed E-state index contributed by atoms with van der Waals surface area (Å²) in [6.07, 6.45) is 6.01. The van der Waals surface area contributed by atoms with Crippen molar-refractivity contribution in [1.82, 2.24) is 15.5 Å². The Morgan fingerprint density at radius 3 is 2.54 bits per heavy atom. The molecule has 2 N–H and O–H groups in total. The molecule has 1 heterocycles. The quantitative estimate of drug-likeness (QED) is 0.706. The lowest BCUT2D eigenvalue weighted by atomic mass is 9.93. The van der Waals surface area contributed by atoms with Gasteiger partial charge in [-0.05, 0) is 44.5 Å². The minimum absolute atomic E-state index is 0.273. The van der Waals surface area contributed by atoms with Crippen molar-refractivity contribution in [3.63, 3.8) is 0 Å². The first-order valence-electron chi connectivity index (χ1n) is 9.93. The molecule has 0 radical (unpaired) electrons. The number of benzene rings is 1. The summed E-state index contributed by atoms with van der Waals surface area (Å²) in [5.41, 5.74) is 1.85. The van der Waals surface area contributed by atoms with Crippen molar-refractivity contribution in [3.05, 3.63) is 46.1 Å². The van der Waals surface area contributed by atoms with E-state index in [0.717, 1.165) is 18.4 Å². The monoisotopic (exact) mass is 405 g/mol. The van der Waals surface area contributed by atoms with Crippen LogP contribution in [-0.2, 0) is 9.53 Å². The molecule has 0 aromatic heterocycles. The highest BCUT2D eigenvalue weighted by Crippen LogP contribution is 2.30. The van der Waals surface area contributed by atoms with Crippen molar-refractivity contribution >= 4 is 23.6 Å². The summed E-state index contributed by atoms with van der Waals surface area (Å²) >= 11 is 6.00. The average Bonchev–Trinajstić information content (AvgIpc) is 2.69. The summed E-state index contributed by atoms with van der Waals surface area (Å²) < 4.78 is 5.32. The second kappa shape index (κ2) is 9.43. The van der Waals surface area contributed by atoms with Gasteiger partial charge in [-0.2, -0.15) is 0 Å². The van der Waals surface area contributed by atoms with Gasteiger partial charge in [0.05, 0.1) is 18.2 Å². The third kappa shape index (κ3) is 4.86. The minimum Gasteiger partial charge on any atom is -0.463 e. The fourth-order valence-corrected chi connectivity index (χ4v) is 4.12. The van der Waals surface area contributed by atoms with E-state index in [0.29, 0.717) is 28.9 Å². The summed E-state index contributed by atoms with van der Waals surface area (Å²) in [4.78, 5) is 27.4. The summed E-state index contributed by atoms with van der Waals surface area (Å²) in [5, 5.41) is 6.30. The van der Waals surface area contributed by atoms with Crippen LogP contribution in [0.4, 0.5) is 4.79 Å². The number of hydrogen-bond donors (Lipinski definition) is 2. The van der Waals surface area contributed by atoms with Gasteiger partial charge in [-0.3, -0.25) is 4.90 Å². The van der Waals surface area contributed by atoms with Gasteiger partial charge >= 0.3 is 12.0 Å². The van der Waals surface area contributed by atoms with Crippen LogP contribution in [0, 0.1) is 0 Å². The number of ether oxygens (including phenoxy) is 1. The largest absolute Gasteiger partial charge is 0.463 e. The van der Waals surface area contributed by atoms with Crippen molar-refractivity contribution in [1.29, 1.82) is 0 Å². The molecular weight excluding hydrogens is 378 g/mol. The average molecular weight is 406 g/mol. The van der Waals surface area contributed by atoms with Gasteiger partial charge in [-0.25, -0.2) is 9.59 Å². The maximum Gasteiger partial charge on any atom is 0.338 e. The first-order chi connectivity index (χ1) is 13.5. The lowest BCUT2D eigenvalue weighted by Gasteiger charge is -2.35. The van der Waals surface area contributed by atoms with E-state index in [-0.39, 0.29) is 12.6 Å². The van der Waals surface area contributed by atoms with Gasteiger partial charge in [-0.1, -0.05) is 43.0 Å². The number of esters is 1. The summed E-state index contributed by atoms with van der Waals surface area (Å²) in [6, 6.07) is 6.72. The predicted octanol–water partition coefficient (Wildman–Crippen LogP) is 3.78. The normalized spacial score (nSPS) is 20.7. The Morgan fingerprint density at radius 2 is 1.89 bits per heavy atom. The number of carbonyl (C=O) groups excluding carboxylic acids is 2. The van der Waals surface area contributed by atoms with Crippen LogP contribution < -0.4 is 10.6 Å². The summed E-state index contributed by atoms with van der Waals surface area (Å²) in [6.45, 7) is 2.55. The number of carbonyl (C=O) groups is 2. The molecule has 2 aliphatic rings. The molecule has 1 aliphatic heterocycles. The number of amides is 2. The fraction of sp³-hybridized carbons (Fsp3) is 0.524. The van der Waals surface area contributed by atoms with E-state index >= 15 is 0 Å². The number of rotatable bonds is 6. The van der Waals surface area contributed by atoms with E-state index in [4.69, 9.17) is 16.3 Å². The molecule has 0 spiro atoms. The Hall–Kier alpha value is -2.05. The zero-order valence-electron chi connectivity index (χ0n) is 16.5. The van der Waals surface area contributed by atoms with Crippen LogP contribution in [0.2, 0.25) is 5.02 Å². The van der Waals surface area contributed by atoms with Gasteiger partial charge in [0.25, 0.3) is 0 Å². The summed E-state index contributed by atoms with van der Waals surface area (Å²) in [5.74, 6) is -0.415. The van der Waals surface area contributed by atoms with Gasteiger partial charge in [0.2, 0.25) is 0 Å². The lowest BCUT2D eigenvalue weighted by Crippen LogP contribution is -2.49. The van der Waals surface area contributed by atoms with E-state index in [1.807, 2.05) is 12.1 Å². The number of hydrogen-bond acceptors (Lipinski definition) is 4. The number of halogens is 1. The molecular formula is C21H28ClN3O3. The molecule has 1 atom stereocenters. The topological polar surface area (TPSA) is 70.7 Å². The standard InChI is InChI=1S/C21H28ClN3O3/c1-3-28-20(26)18-17(13-25(2)16-7-5-4-6-8-16)23-21(27)24-19(18)14-9-11-15(22)12-10-14/h9-12,16,19H,3-8,13H2,1-2H3,(H2,23,24,27). The SMILES string of the molecule is CCOC(=O)C1=C(CN(C)C2CCCCC2)NC(=O)NC1c1ccc(Cl)cc1. The van der Waals surface area contributed by atoms with Gasteiger partial charge in [0.15, 0.2) is 0 Å².